The van der Waals surface area contributed by atoms with E-state index in [-0.39, 0.29) is 10.9 Å². The van der Waals surface area contributed by atoms with Crippen LogP contribution in [-0.2, 0) is 21.3 Å². The second-order valence-electron chi connectivity index (χ2n) is 4.29. The standard InChI is InChI=1S/C11H17N3O3S/c12-5-9-1-2-11(13-6-9)18(15,16)14-7-10-3-4-17-8-10/h1-2,6,10,14H,3-5,7-8,12H2. The first-order valence-corrected chi connectivity index (χ1v) is 7.32. The minimum absolute atomic E-state index is 0.0265. The van der Waals surface area contributed by atoms with Crippen LogP contribution in [0.1, 0.15) is 12.0 Å². The Bertz CT molecular complexity index is 481. The van der Waals surface area contributed by atoms with Crippen LogP contribution < -0.4 is 10.5 Å². The third-order valence-electron chi connectivity index (χ3n) is 2.89. The van der Waals surface area contributed by atoms with E-state index in [1.807, 2.05) is 0 Å². The summed E-state index contributed by atoms with van der Waals surface area (Å²) in [4.78, 5) is 3.90. The molecule has 0 radical (unpaired) electrons. The molecule has 6 nitrogen and oxygen atoms in total. The Kier molecular flexibility index (Phi) is 4.28. The first-order chi connectivity index (χ1) is 8.62. The van der Waals surface area contributed by atoms with Gasteiger partial charge in [0.1, 0.15) is 0 Å². The van der Waals surface area contributed by atoms with Crippen molar-refractivity contribution in [2.45, 2.75) is 18.0 Å². The van der Waals surface area contributed by atoms with Crippen molar-refractivity contribution in [1.82, 2.24) is 9.71 Å². The predicted molar refractivity (Wildman–Crippen MR) is 66.2 cm³/mol. The van der Waals surface area contributed by atoms with Crippen LogP contribution in [0, 0.1) is 5.92 Å². The van der Waals surface area contributed by atoms with Crippen LogP contribution in [0.4, 0.5) is 0 Å². The molecule has 0 spiro atoms. The number of rotatable bonds is 5. The Morgan fingerprint density at radius 3 is 2.89 bits per heavy atom. The number of nitrogens with two attached hydrogens (primary N) is 1. The minimum Gasteiger partial charge on any atom is -0.381 e. The smallest absolute Gasteiger partial charge is 0.258 e. The molecule has 0 aromatic carbocycles. The zero-order valence-corrected chi connectivity index (χ0v) is 10.8. The molecule has 1 aromatic rings. The van der Waals surface area contributed by atoms with Gasteiger partial charge in [-0.15, -0.1) is 0 Å². The van der Waals surface area contributed by atoms with Crippen molar-refractivity contribution in [2.75, 3.05) is 19.8 Å². The van der Waals surface area contributed by atoms with Gasteiger partial charge in [0.25, 0.3) is 10.0 Å². The van der Waals surface area contributed by atoms with E-state index in [2.05, 4.69) is 9.71 Å². The molecule has 0 bridgehead atoms. The molecule has 1 atom stereocenters. The van der Waals surface area contributed by atoms with Crippen molar-refractivity contribution in [3.63, 3.8) is 0 Å². The fourth-order valence-corrected chi connectivity index (χ4v) is 2.78. The van der Waals surface area contributed by atoms with Gasteiger partial charge in [-0.2, -0.15) is 0 Å². The van der Waals surface area contributed by atoms with Crippen LogP contribution in [0.3, 0.4) is 0 Å². The molecule has 0 amide bonds. The molecule has 1 aliphatic rings. The summed E-state index contributed by atoms with van der Waals surface area (Å²) in [7, 11) is -3.53. The van der Waals surface area contributed by atoms with E-state index >= 15 is 0 Å². The zero-order valence-electron chi connectivity index (χ0n) is 10.0. The lowest BCUT2D eigenvalue weighted by molar-refractivity contribution is 0.186. The monoisotopic (exact) mass is 271 g/mol. The fraction of sp³-hybridized carbons (Fsp3) is 0.545. The maximum absolute atomic E-state index is 11.9. The predicted octanol–water partition coefficient (Wildman–Crippen LogP) is -0.145. The lowest BCUT2D eigenvalue weighted by Crippen LogP contribution is -2.30. The molecule has 1 saturated heterocycles. The Morgan fingerprint density at radius 1 is 1.50 bits per heavy atom. The lowest BCUT2D eigenvalue weighted by Gasteiger charge is -2.09. The summed E-state index contributed by atoms with van der Waals surface area (Å²) in [6, 6.07) is 3.13. The van der Waals surface area contributed by atoms with Crippen LogP contribution in [0.25, 0.3) is 0 Å². The molecule has 100 valence electrons. The van der Waals surface area contributed by atoms with Crippen LogP contribution in [0.5, 0.6) is 0 Å². The summed E-state index contributed by atoms with van der Waals surface area (Å²) in [6.45, 7) is 2.06. The largest absolute Gasteiger partial charge is 0.381 e. The number of aromatic nitrogens is 1. The van der Waals surface area contributed by atoms with E-state index in [0.717, 1.165) is 12.0 Å². The Balaban J connectivity index is 2.00. The van der Waals surface area contributed by atoms with Crippen molar-refractivity contribution < 1.29 is 13.2 Å². The van der Waals surface area contributed by atoms with Gasteiger partial charge in [-0.3, -0.25) is 0 Å². The molecule has 3 N–H and O–H groups in total. The molecule has 1 aliphatic heterocycles. The molecule has 1 aromatic heterocycles. The first kappa shape index (κ1) is 13.4. The average molecular weight is 271 g/mol. The quantitative estimate of drug-likeness (QED) is 0.777. The average Bonchev–Trinajstić information content (AvgIpc) is 2.90. The second kappa shape index (κ2) is 5.75. The number of ether oxygens (including phenoxy) is 1. The van der Waals surface area contributed by atoms with E-state index in [1.54, 1.807) is 6.07 Å². The summed E-state index contributed by atoms with van der Waals surface area (Å²) in [6.07, 6.45) is 2.37. The molecule has 0 saturated carbocycles. The van der Waals surface area contributed by atoms with Gasteiger partial charge in [0.05, 0.1) is 6.61 Å². The third-order valence-corrected chi connectivity index (χ3v) is 4.23. The SMILES string of the molecule is NCc1ccc(S(=O)(=O)NCC2CCOC2)nc1. The third kappa shape index (κ3) is 3.26. The van der Waals surface area contributed by atoms with Crippen LogP contribution in [0.2, 0.25) is 0 Å². The molecule has 1 unspecified atom stereocenters. The van der Waals surface area contributed by atoms with E-state index in [1.165, 1.54) is 12.3 Å². The molecule has 0 aliphatic carbocycles. The van der Waals surface area contributed by atoms with Crippen LogP contribution >= 0.6 is 0 Å². The summed E-state index contributed by atoms with van der Waals surface area (Å²) in [5, 5.41) is 0.0265. The topological polar surface area (TPSA) is 94.3 Å². The van der Waals surface area contributed by atoms with Crippen LogP contribution in [-0.4, -0.2) is 33.2 Å². The van der Waals surface area contributed by atoms with Gasteiger partial charge in [0, 0.05) is 25.9 Å². The summed E-state index contributed by atoms with van der Waals surface area (Å²) in [5.74, 6) is 0.253. The maximum atomic E-state index is 11.9. The highest BCUT2D eigenvalue weighted by molar-refractivity contribution is 7.89. The first-order valence-electron chi connectivity index (χ1n) is 5.84. The highest BCUT2D eigenvalue weighted by atomic mass is 32.2. The lowest BCUT2D eigenvalue weighted by atomic mass is 10.1. The Morgan fingerprint density at radius 2 is 2.33 bits per heavy atom. The number of hydrogen-bond donors (Lipinski definition) is 2. The van der Waals surface area contributed by atoms with Gasteiger partial charge in [-0.05, 0) is 24.0 Å². The number of nitrogens with one attached hydrogen (secondary N) is 1. The Hall–Kier alpha value is -1.02. The highest BCUT2D eigenvalue weighted by Gasteiger charge is 2.20. The fourth-order valence-electron chi connectivity index (χ4n) is 1.74. The molecule has 2 rings (SSSR count). The molecule has 18 heavy (non-hydrogen) atoms. The van der Waals surface area contributed by atoms with E-state index in [9.17, 15) is 8.42 Å². The van der Waals surface area contributed by atoms with Crippen molar-refractivity contribution in [3.8, 4) is 0 Å². The second-order valence-corrected chi connectivity index (χ2v) is 6.00. The molecule has 1 fully saturated rings. The molecular weight excluding hydrogens is 254 g/mol. The van der Waals surface area contributed by atoms with Crippen molar-refractivity contribution >= 4 is 10.0 Å². The van der Waals surface area contributed by atoms with Gasteiger partial charge in [-0.25, -0.2) is 18.1 Å². The van der Waals surface area contributed by atoms with Crippen LogP contribution in [0.15, 0.2) is 23.4 Å². The summed E-state index contributed by atoms with van der Waals surface area (Å²) >= 11 is 0. The van der Waals surface area contributed by atoms with Gasteiger partial charge in [0.2, 0.25) is 0 Å². The zero-order chi connectivity index (χ0) is 13.0. The van der Waals surface area contributed by atoms with Gasteiger partial charge >= 0.3 is 0 Å². The van der Waals surface area contributed by atoms with E-state index in [0.29, 0.717) is 26.3 Å². The Labute approximate surface area is 107 Å². The van der Waals surface area contributed by atoms with Crippen molar-refractivity contribution in [1.29, 1.82) is 0 Å². The number of sulfonamides is 1. The summed E-state index contributed by atoms with van der Waals surface area (Å²) in [5.41, 5.74) is 6.24. The van der Waals surface area contributed by atoms with Gasteiger partial charge in [0.15, 0.2) is 5.03 Å². The van der Waals surface area contributed by atoms with Gasteiger partial charge < -0.3 is 10.5 Å². The summed E-state index contributed by atoms with van der Waals surface area (Å²) < 4.78 is 31.6. The highest BCUT2D eigenvalue weighted by Crippen LogP contribution is 2.12. The minimum atomic E-state index is -3.53. The van der Waals surface area contributed by atoms with Crippen molar-refractivity contribution in [3.05, 3.63) is 23.9 Å². The molecule has 2 heterocycles. The molecular formula is C11H17N3O3S. The number of nitrogens with zero attached hydrogens (tertiary/aromatic N) is 1. The number of hydrogen-bond acceptors (Lipinski definition) is 5. The number of pyridine rings is 1. The van der Waals surface area contributed by atoms with E-state index in [4.69, 9.17) is 10.5 Å². The van der Waals surface area contributed by atoms with Crippen molar-refractivity contribution in [2.24, 2.45) is 11.7 Å². The van der Waals surface area contributed by atoms with Gasteiger partial charge in [-0.1, -0.05) is 6.07 Å². The van der Waals surface area contributed by atoms with E-state index < -0.39 is 10.0 Å². The normalized spacial score (nSPS) is 20.2. The maximum Gasteiger partial charge on any atom is 0.258 e. The molecule has 7 heteroatoms.